The van der Waals surface area contributed by atoms with Crippen molar-refractivity contribution in [3.05, 3.63) is 0 Å². The lowest BCUT2D eigenvalue weighted by molar-refractivity contribution is -0.212. The van der Waals surface area contributed by atoms with E-state index in [4.69, 9.17) is 5.73 Å². The number of aliphatic imine (C=N–C) groups is 1. The van der Waals surface area contributed by atoms with Crippen LogP contribution < -0.4 is 5.73 Å². The minimum atomic E-state index is 0.374. The second kappa shape index (κ2) is 5.94. The molecule has 4 heteroatoms. The van der Waals surface area contributed by atoms with E-state index in [1.54, 1.807) is 0 Å². The van der Waals surface area contributed by atoms with Crippen LogP contribution in [0, 0.1) is 0 Å². The molecule has 1 saturated carbocycles. The average molecular weight is 186 g/mol. The van der Waals surface area contributed by atoms with Gasteiger partial charge in [0, 0.05) is 6.04 Å². The van der Waals surface area contributed by atoms with Crippen molar-refractivity contribution < 1.29 is 9.78 Å². The number of hydrogen-bond acceptors (Lipinski definition) is 4. The fraction of sp³-hybridized carbons (Fsp3) is 0.889. The lowest BCUT2D eigenvalue weighted by Gasteiger charge is -2.22. The third-order valence-electron chi connectivity index (χ3n) is 2.24. The van der Waals surface area contributed by atoms with Crippen molar-refractivity contribution in [1.29, 1.82) is 0 Å². The Morgan fingerprint density at radius 2 is 2.08 bits per heavy atom. The molecule has 1 fully saturated rings. The molecule has 0 atom stereocenters. The van der Waals surface area contributed by atoms with E-state index in [1.807, 2.05) is 6.92 Å². The molecule has 1 aliphatic carbocycles. The number of hydrogen-bond donors (Lipinski definition) is 1. The summed E-state index contributed by atoms with van der Waals surface area (Å²) in [7, 11) is 0. The predicted octanol–water partition coefficient (Wildman–Crippen LogP) is 1.25. The topological polar surface area (TPSA) is 56.8 Å². The Bertz CT molecular complexity index is 154. The lowest BCUT2D eigenvalue weighted by atomic mass is 9.92. The molecule has 0 aromatic carbocycles. The molecule has 0 bridgehead atoms. The summed E-state index contributed by atoms with van der Waals surface area (Å²) < 4.78 is 0. The van der Waals surface area contributed by atoms with Crippen LogP contribution in [0.1, 0.15) is 32.6 Å². The molecular formula is C9H18N2O2. The van der Waals surface area contributed by atoms with Gasteiger partial charge in [-0.3, -0.25) is 4.99 Å². The number of nitrogens with zero attached hydrogens (tertiary/aromatic N) is 1. The van der Waals surface area contributed by atoms with Crippen molar-refractivity contribution in [2.45, 2.75) is 44.7 Å². The summed E-state index contributed by atoms with van der Waals surface area (Å²) in [6.45, 7) is 2.41. The SMILES string of the molecule is CCOO/C=N/C1CCC(N)CC1. The summed E-state index contributed by atoms with van der Waals surface area (Å²) in [5, 5.41) is 0. The molecule has 0 amide bonds. The first-order valence-corrected chi connectivity index (χ1v) is 4.88. The molecule has 0 radical (unpaired) electrons. The molecule has 13 heavy (non-hydrogen) atoms. The molecule has 0 heterocycles. The Labute approximate surface area is 79.0 Å². The molecule has 0 saturated heterocycles. The van der Waals surface area contributed by atoms with Crippen LogP contribution in [0.15, 0.2) is 4.99 Å². The van der Waals surface area contributed by atoms with Gasteiger partial charge >= 0.3 is 0 Å². The van der Waals surface area contributed by atoms with Crippen molar-refractivity contribution in [1.82, 2.24) is 0 Å². The van der Waals surface area contributed by atoms with Crippen LogP contribution in [0.2, 0.25) is 0 Å². The van der Waals surface area contributed by atoms with Gasteiger partial charge in [0.05, 0.1) is 12.6 Å². The van der Waals surface area contributed by atoms with Gasteiger partial charge in [-0.05, 0) is 32.6 Å². The highest BCUT2D eigenvalue weighted by molar-refractivity contribution is 5.45. The van der Waals surface area contributed by atoms with Crippen LogP contribution in [0.25, 0.3) is 0 Å². The predicted molar refractivity (Wildman–Crippen MR) is 51.4 cm³/mol. The van der Waals surface area contributed by atoms with Gasteiger partial charge in [-0.1, -0.05) is 0 Å². The Kier molecular flexibility index (Phi) is 4.78. The normalized spacial score (nSPS) is 29.4. The van der Waals surface area contributed by atoms with Crippen LogP contribution in [0.3, 0.4) is 0 Å². The van der Waals surface area contributed by atoms with E-state index in [0.29, 0.717) is 18.7 Å². The van der Waals surface area contributed by atoms with Crippen molar-refractivity contribution in [3.63, 3.8) is 0 Å². The molecule has 76 valence electrons. The van der Waals surface area contributed by atoms with Crippen molar-refractivity contribution in [2.24, 2.45) is 10.7 Å². The molecule has 0 aliphatic heterocycles. The molecule has 0 spiro atoms. The summed E-state index contributed by atoms with van der Waals surface area (Å²) in [6, 6.07) is 0.750. The Morgan fingerprint density at radius 1 is 1.38 bits per heavy atom. The van der Waals surface area contributed by atoms with Gasteiger partial charge in [-0.2, -0.15) is 4.89 Å². The summed E-state index contributed by atoms with van der Waals surface area (Å²) in [5.41, 5.74) is 5.77. The quantitative estimate of drug-likeness (QED) is 0.236. The van der Waals surface area contributed by atoms with E-state index < -0.39 is 0 Å². The zero-order valence-electron chi connectivity index (χ0n) is 8.11. The molecular weight excluding hydrogens is 168 g/mol. The first-order chi connectivity index (χ1) is 6.33. The maximum Gasteiger partial charge on any atom is 0.215 e. The molecule has 0 aromatic heterocycles. The van der Waals surface area contributed by atoms with Crippen LogP contribution in [0.4, 0.5) is 0 Å². The molecule has 0 unspecified atom stereocenters. The van der Waals surface area contributed by atoms with Gasteiger partial charge < -0.3 is 10.6 Å². The fourth-order valence-electron chi connectivity index (χ4n) is 1.46. The Balaban J connectivity index is 2.11. The standard InChI is InChI=1S/C9H18N2O2/c1-2-12-13-7-11-9-5-3-8(10)4-6-9/h7-9H,2-6,10H2,1H3/b11-7+. The Hall–Kier alpha value is -0.610. The first kappa shape index (κ1) is 10.5. The zero-order valence-corrected chi connectivity index (χ0v) is 8.11. The molecule has 1 rings (SSSR count). The van der Waals surface area contributed by atoms with Crippen LogP contribution in [0.5, 0.6) is 0 Å². The highest BCUT2D eigenvalue weighted by Gasteiger charge is 2.16. The third-order valence-corrected chi connectivity index (χ3v) is 2.24. The lowest BCUT2D eigenvalue weighted by Crippen LogP contribution is -2.28. The van der Waals surface area contributed by atoms with Gasteiger partial charge in [0.25, 0.3) is 0 Å². The summed E-state index contributed by atoms with van der Waals surface area (Å²) in [5.74, 6) is 0. The van der Waals surface area contributed by atoms with Crippen molar-refractivity contribution in [2.75, 3.05) is 6.61 Å². The van der Waals surface area contributed by atoms with E-state index in [1.165, 1.54) is 6.40 Å². The minimum Gasteiger partial charge on any atom is -0.328 e. The fourth-order valence-corrected chi connectivity index (χ4v) is 1.46. The average Bonchev–Trinajstić information content (AvgIpc) is 2.15. The summed E-state index contributed by atoms with van der Waals surface area (Å²) >= 11 is 0. The van der Waals surface area contributed by atoms with E-state index >= 15 is 0 Å². The van der Waals surface area contributed by atoms with Crippen molar-refractivity contribution in [3.8, 4) is 0 Å². The van der Waals surface area contributed by atoms with E-state index in [-0.39, 0.29) is 0 Å². The van der Waals surface area contributed by atoms with Crippen LogP contribution >= 0.6 is 0 Å². The third kappa shape index (κ3) is 4.24. The first-order valence-electron chi connectivity index (χ1n) is 4.88. The van der Waals surface area contributed by atoms with Gasteiger partial charge in [-0.15, -0.1) is 0 Å². The van der Waals surface area contributed by atoms with E-state index in [2.05, 4.69) is 14.8 Å². The molecule has 0 aromatic rings. The Morgan fingerprint density at radius 3 is 2.69 bits per heavy atom. The van der Waals surface area contributed by atoms with Gasteiger partial charge in [0.15, 0.2) is 0 Å². The minimum absolute atomic E-state index is 0.374. The monoisotopic (exact) mass is 186 g/mol. The number of rotatable bonds is 4. The number of nitrogens with two attached hydrogens (primary N) is 1. The molecule has 2 N–H and O–H groups in total. The van der Waals surface area contributed by atoms with Crippen LogP contribution in [-0.4, -0.2) is 25.1 Å². The van der Waals surface area contributed by atoms with Gasteiger partial charge in [0.1, 0.15) is 0 Å². The maximum absolute atomic E-state index is 5.77. The molecule has 1 aliphatic rings. The summed E-state index contributed by atoms with van der Waals surface area (Å²) in [4.78, 5) is 13.6. The molecule has 4 nitrogen and oxygen atoms in total. The second-order valence-electron chi connectivity index (χ2n) is 3.33. The van der Waals surface area contributed by atoms with Gasteiger partial charge in [-0.25, -0.2) is 0 Å². The van der Waals surface area contributed by atoms with Crippen molar-refractivity contribution >= 4 is 6.40 Å². The second-order valence-corrected chi connectivity index (χ2v) is 3.33. The van der Waals surface area contributed by atoms with E-state index in [9.17, 15) is 0 Å². The zero-order chi connectivity index (χ0) is 9.52. The maximum atomic E-state index is 5.77. The van der Waals surface area contributed by atoms with Crippen LogP contribution in [-0.2, 0) is 9.78 Å². The van der Waals surface area contributed by atoms with E-state index in [0.717, 1.165) is 25.7 Å². The summed E-state index contributed by atoms with van der Waals surface area (Å²) in [6.07, 6.45) is 5.65. The highest BCUT2D eigenvalue weighted by atomic mass is 17.2. The smallest absolute Gasteiger partial charge is 0.215 e. The highest BCUT2D eigenvalue weighted by Crippen LogP contribution is 2.19. The largest absolute Gasteiger partial charge is 0.328 e. The van der Waals surface area contributed by atoms with Gasteiger partial charge in [0.2, 0.25) is 6.40 Å².